The molecule has 0 bridgehead atoms. The summed E-state index contributed by atoms with van der Waals surface area (Å²) in [4.78, 5) is 0. The molecule has 0 amide bonds. The molecule has 2 aromatic carbocycles. The van der Waals surface area contributed by atoms with Crippen molar-refractivity contribution in [3.8, 4) is 0 Å². The fraction of sp³-hybridized carbons (Fsp3) is 0.250. The second-order valence-electron chi connectivity index (χ2n) is 4.72. The summed E-state index contributed by atoms with van der Waals surface area (Å²) in [5.74, 6) is -0.643. The summed E-state index contributed by atoms with van der Waals surface area (Å²) in [6.07, 6.45) is 0.414. The van der Waals surface area contributed by atoms with Gasteiger partial charge >= 0.3 is 0 Å². The van der Waals surface area contributed by atoms with Crippen molar-refractivity contribution >= 4 is 27.5 Å². The van der Waals surface area contributed by atoms with Crippen LogP contribution in [-0.4, -0.2) is 6.54 Å². The monoisotopic (exact) mass is 373 g/mol. The maximum atomic E-state index is 14.1. The third-order valence-corrected chi connectivity index (χ3v) is 4.08. The summed E-state index contributed by atoms with van der Waals surface area (Å²) in [7, 11) is 0. The van der Waals surface area contributed by atoms with Crippen LogP contribution in [0.2, 0.25) is 5.02 Å². The highest BCUT2D eigenvalue weighted by Gasteiger charge is 2.17. The van der Waals surface area contributed by atoms with Crippen molar-refractivity contribution in [1.82, 2.24) is 5.32 Å². The van der Waals surface area contributed by atoms with Gasteiger partial charge in [-0.2, -0.15) is 0 Å². The fourth-order valence-corrected chi connectivity index (χ4v) is 2.81. The van der Waals surface area contributed by atoms with Crippen LogP contribution >= 0.6 is 27.5 Å². The molecule has 1 N–H and O–H groups in total. The Hall–Kier alpha value is -0.970. The van der Waals surface area contributed by atoms with Crippen molar-refractivity contribution in [2.45, 2.75) is 19.4 Å². The first-order chi connectivity index (χ1) is 10.0. The van der Waals surface area contributed by atoms with Gasteiger partial charge < -0.3 is 5.32 Å². The van der Waals surface area contributed by atoms with Gasteiger partial charge in [0.1, 0.15) is 11.6 Å². The van der Waals surface area contributed by atoms with Crippen LogP contribution in [0.1, 0.15) is 24.1 Å². The second-order valence-corrected chi connectivity index (χ2v) is 6.04. The van der Waals surface area contributed by atoms with Gasteiger partial charge in [-0.05, 0) is 54.9 Å². The van der Waals surface area contributed by atoms with E-state index in [1.165, 1.54) is 24.3 Å². The molecule has 0 aliphatic rings. The largest absolute Gasteiger partial charge is 0.310 e. The molecule has 0 fully saturated rings. The maximum absolute atomic E-state index is 14.1. The van der Waals surface area contributed by atoms with Crippen LogP contribution in [-0.2, 0) is 6.42 Å². The summed E-state index contributed by atoms with van der Waals surface area (Å²) in [6, 6.07) is 8.75. The molecule has 0 spiro atoms. The molecule has 1 atom stereocenters. The zero-order valence-electron chi connectivity index (χ0n) is 11.5. The van der Waals surface area contributed by atoms with Gasteiger partial charge in [-0.1, -0.05) is 34.5 Å². The highest BCUT2D eigenvalue weighted by atomic mass is 79.9. The van der Waals surface area contributed by atoms with Crippen LogP contribution in [0.3, 0.4) is 0 Å². The van der Waals surface area contributed by atoms with E-state index in [4.69, 9.17) is 11.6 Å². The van der Waals surface area contributed by atoms with E-state index < -0.39 is 0 Å². The lowest BCUT2D eigenvalue weighted by molar-refractivity contribution is 0.508. The SMILES string of the molecule is CCNC(Cc1cc(F)ccc1Cl)c1cc(Br)ccc1F. The molecular weight excluding hydrogens is 360 g/mol. The third kappa shape index (κ3) is 4.25. The molecule has 0 saturated carbocycles. The van der Waals surface area contributed by atoms with Crippen LogP contribution in [0.25, 0.3) is 0 Å². The molecule has 0 aromatic heterocycles. The van der Waals surface area contributed by atoms with Crippen molar-refractivity contribution in [2.24, 2.45) is 0 Å². The topological polar surface area (TPSA) is 12.0 Å². The van der Waals surface area contributed by atoms with E-state index >= 15 is 0 Å². The van der Waals surface area contributed by atoms with Crippen LogP contribution in [0, 0.1) is 11.6 Å². The van der Waals surface area contributed by atoms with Crippen molar-refractivity contribution in [2.75, 3.05) is 6.54 Å². The minimum absolute atomic E-state index is 0.271. The van der Waals surface area contributed by atoms with E-state index in [1.54, 1.807) is 12.1 Å². The molecule has 2 aromatic rings. The molecule has 0 heterocycles. The lowest BCUT2D eigenvalue weighted by atomic mass is 9.98. The van der Waals surface area contributed by atoms with Gasteiger partial charge in [-0.25, -0.2) is 8.78 Å². The molecule has 21 heavy (non-hydrogen) atoms. The van der Waals surface area contributed by atoms with E-state index in [1.807, 2.05) is 6.92 Å². The number of halogens is 4. The van der Waals surface area contributed by atoms with Crippen LogP contribution < -0.4 is 5.32 Å². The Balaban J connectivity index is 2.35. The minimum Gasteiger partial charge on any atom is -0.310 e. The van der Waals surface area contributed by atoms with Crippen molar-refractivity contribution in [1.29, 1.82) is 0 Å². The number of benzene rings is 2. The smallest absolute Gasteiger partial charge is 0.128 e. The lowest BCUT2D eigenvalue weighted by Crippen LogP contribution is -2.24. The number of hydrogen-bond acceptors (Lipinski definition) is 1. The normalized spacial score (nSPS) is 12.4. The summed E-state index contributed by atoms with van der Waals surface area (Å²) in [6.45, 7) is 2.61. The van der Waals surface area contributed by atoms with Gasteiger partial charge in [0.15, 0.2) is 0 Å². The Morgan fingerprint density at radius 3 is 2.67 bits per heavy atom. The average molecular weight is 375 g/mol. The highest BCUT2D eigenvalue weighted by Crippen LogP contribution is 2.27. The Morgan fingerprint density at radius 2 is 1.95 bits per heavy atom. The van der Waals surface area contributed by atoms with Crippen LogP contribution in [0.15, 0.2) is 40.9 Å². The first-order valence-corrected chi connectivity index (χ1v) is 7.80. The average Bonchev–Trinajstić information content (AvgIpc) is 2.45. The van der Waals surface area contributed by atoms with Crippen molar-refractivity contribution in [3.63, 3.8) is 0 Å². The molecular formula is C16H15BrClF2N. The molecule has 1 unspecified atom stereocenters. The van der Waals surface area contributed by atoms with E-state index in [-0.39, 0.29) is 17.7 Å². The van der Waals surface area contributed by atoms with E-state index in [9.17, 15) is 8.78 Å². The van der Waals surface area contributed by atoms with E-state index in [0.29, 0.717) is 29.1 Å². The molecule has 5 heteroatoms. The predicted octanol–water partition coefficient (Wildman–Crippen LogP) is 5.27. The first-order valence-electron chi connectivity index (χ1n) is 6.63. The summed E-state index contributed by atoms with van der Waals surface area (Å²) in [5, 5.41) is 3.70. The standard InChI is InChI=1S/C16H15BrClF2N/c1-2-21-16(13-9-11(17)3-6-15(13)20)8-10-7-12(19)4-5-14(10)18/h3-7,9,16,21H,2,8H2,1H3. The van der Waals surface area contributed by atoms with Gasteiger partial charge in [0.2, 0.25) is 0 Å². The Bertz CT molecular complexity index is 634. The second kappa shape index (κ2) is 7.34. The molecule has 112 valence electrons. The third-order valence-electron chi connectivity index (χ3n) is 3.22. The fourth-order valence-electron chi connectivity index (χ4n) is 2.24. The number of hydrogen-bond donors (Lipinski definition) is 1. The molecule has 0 radical (unpaired) electrons. The Kier molecular flexibility index (Phi) is 5.73. The van der Waals surface area contributed by atoms with E-state index in [0.717, 1.165) is 4.47 Å². The predicted molar refractivity (Wildman–Crippen MR) is 85.6 cm³/mol. The van der Waals surface area contributed by atoms with Crippen molar-refractivity contribution < 1.29 is 8.78 Å². The number of nitrogens with one attached hydrogen (secondary N) is 1. The van der Waals surface area contributed by atoms with Gasteiger partial charge in [0.25, 0.3) is 0 Å². The zero-order valence-corrected chi connectivity index (χ0v) is 13.8. The number of likely N-dealkylation sites (N-methyl/N-ethyl adjacent to an activating group) is 1. The lowest BCUT2D eigenvalue weighted by Gasteiger charge is -2.20. The Morgan fingerprint density at radius 1 is 1.19 bits per heavy atom. The van der Waals surface area contributed by atoms with Gasteiger partial charge in [-0.3, -0.25) is 0 Å². The summed E-state index contributed by atoms with van der Waals surface area (Å²) >= 11 is 9.45. The van der Waals surface area contributed by atoms with Crippen LogP contribution in [0.4, 0.5) is 8.78 Å². The maximum Gasteiger partial charge on any atom is 0.128 e. The Labute approximate surface area is 136 Å². The van der Waals surface area contributed by atoms with Gasteiger partial charge in [0, 0.05) is 21.1 Å². The quantitative estimate of drug-likeness (QED) is 0.751. The number of rotatable bonds is 5. The molecule has 0 aliphatic carbocycles. The first kappa shape index (κ1) is 16.4. The van der Waals surface area contributed by atoms with Crippen LogP contribution in [0.5, 0.6) is 0 Å². The molecule has 0 aliphatic heterocycles. The summed E-state index contributed by atoms with van der Waals surface area (Å²) in [5.41, 5.74) is 1.19. The molecule has 2 rings (SSSR count). The summed E-state index contributed by atoms with van der Waals surface area (Å²) < 4.78 is 28.2. The van der Waals surface area contributed by atoms with Gasteiger partial charge in [-0.15, -0.1) is 0 Å². The molecule has 1 nitrogen and oxygen atoms in total. The highest BCUT2D eigenvalue weighted by molar-refractivity contribution is 9.10. The van der Waals surface area contributed by atoms with Crippen molar-refractivity contribution in [3.05, 3.63) is 68.7 Å². The zero-order chi connectivity index (χ0) is 15.4. The van der Waals surface area contributed by atoms with Gasteiger partial charge in [0.05, 0.1) is 0 Å². The van der Waals surface area contributed by atoms with E-state index in [2.05, 4.69) is 21.2 Å². The minimum atomic E-state index is -0.348. The molecule has 0 saturated heterocycles.